The molecule has 2 unspecified atom stereocenters. The predicted octanol–water partition coefficient (Wildman–Crippen LogP) is 14.4. The van der Waals surface area contributed by atoms with E-state index < -0.39 is 230 Å². The number of amides is 2. The van der Waals surface area contributed by atoms with Crippen molar-refractivity contribution in [3.05, 3.63) is 166 Å². The average Bonchev–Trinajstić information content (AvgIpc) is 0.741. The number of carbonyl (C=O) groups excluding carboxylic acids is 10. The van der Waals surface area contributed by atoms with Crippen molar-refractivity contribution in [2.24, 2.45) is 68.0 Å². The number of ketones is 2. The molecule has 1 saturated heterocycles. The van der Waals surface area contributed by atoms with Gasteiger partial charge in [-0.15, -0.1) is 0 Å². The van der Waals surface area contributed by atoms with Crippen LogP contribution >= 0.6 is 0 Å². The van der Waals surface area contributed by atoms with Crippen LogP contribution in [-0.2, 0) is 76.1 Å². The van der Waals surface area contributed by atoms with Gasteiger partial charge in [0.2, 0.25) is 12.2 Å². The van der Waals surface area contributed by atoms with Crippen LogP contribution < -0.4 is 10.6 Å². The number of rotatable bonds is 20. The lowest BCUT2D eigenvalue weighted by atomic mass is 9.41. The van der Waals surface area contributed by atoms with E-state index in [0.717, 1.165) is 0 Å². The van der Waals surface area contributed by atoms with Crippen molar-refractivity contribution in [1.29, 1.82) is 0 Å². The van der Waals surface area contributed by atoms with Crippen LogP contribution in [0.3, 0.4) is 0 Å². The number of Topliss-reactive ketones (excluding diaryl/α,β-unsaturated/α-hetero) is 2. The summed E-state index contributed by atoms with van der Waals surface area (Å²) < 4.78 is 64.0. The molecular formula is C97H128N2O24. The van der Waals surface area contributed by atoms with Gasteiger partial charge in [-0.05, 0) is 164 Å². The minimum Gasteiger partial charge on any atom is -0.455 e. The Morgan fingerprint density at radius 2 is 0.772 bits per heavy atom. The molecule has 26 heteroatoms. The highest BCUT2D eigenvalue weighted by molar-refractivity contribution is 5.95. The lowest BCUT2D eigenvalue weighted by Crippen LogP contribution is -2.73. The van der Waals surface area contributed by atoms with Gasteiger partial charge in [-0.3, -0.25) is 9.59 Å². The third kappa shape index (κ3) is 17.1. The summed E-state index contributed by atoms with van der Waals surface area (Å²) in [6.45, 7) is 40.6. The van der Waals surface area contributed by atoms with E-state index in [9.17, 15) is 39.6 Å². The van der Waals surface area contributed by atoms with E-state index in [0.29, 0.717) is 22.3 Å². The average molecular weight is 1710 g/mol. The molecule has 4 aromatic carbocycles. The van der Waals surface area contributed by atoms with Crippen molar-refractivity contribution in [3.63, 3.8) is 0 Å². The molecule has 123 heavy (non-hydrogen) atoms. The second kappa shape index (κ2) is 34.3. The summed E-state index contributed by atoms with van der Waals surface area (Å²) in [5.74, 6) is -15.3. The number of alkyl carbamates (subject to hydrolysis) is 2. The minimum absolute atomic E-state index is 0.121. The van der Waals surface area contributed by atoms with E-state index in [1.165, 1.54) is 38.1 Å². The van der Waals surface area contributed by atoms with Crippen LogP contribution in [0.25, 0.3) is 0 Å². The highest BCUT2D eigenvalue weighted by Crippen LogP contribution is 2.69. The molecule has 7 aliphatic rings. The molecule has 26 nitrogen and oxygen atoms in total. The molecule has 0 radical (unpaired) electrons. The largest absolute Gasteiger partial charge is 0.455 e. The third-order valence-electron chi connectivity index (χ3n) is 29.3. The molecule has 6 N–H and O–H groups in total. The number of aliphatic hydroxyl groups is 4. The quantitative estimate of drug-likeness (QED) is 0.0272. The number of benzene rings is 4. The normalized spacial score (nSPS) is 34.2. The fourth-order valence-electron chi connectivity index (χ4n) is 22.1. The molecule has 670 valence electrons. The SMILES string of the molecule is CC[C@@]1(C)C2[C@H](OC(=O)c3ccccc3)[C@]3(O)C[C@H](OC(=O)[C@H](OC(=O)[C@@H]4OC(C)(C)O[C@H]4C(=O)O[C@@H](C(=O)O[C@H]4C[C@@]5(O)[C@@H](OC(=O)c6ccccc6)C6[C@](C)(CC)[C@H](O)C[C@H](C)[C@@]6(C)C(=O)[C@H](C)C(=C4C)C5(C)C)[C@@H](NC(=O)OC(C)(C)C)c4ccccc4)[C@@H](NC(=O)OC(C)(C)C)c4ccccc4)C(C)=C([C@@H](C)C(=O)[C@]2(C)[C@@H](C)C[C@H]1O)C3(C)C. The van der Waals surface area contributed by atoms with Gasteiger partial charge in [-0.1, -0.05) is 194 Å². The van der Waals surface area contributed by atoms with E-state index in [1.807, 2.05) is 55.4 Å². The van der Waals surface area contributed by atoms with Crippen LogP contribution in [0, 0.1) is 68.0 Å². The van der Waals surface area contributed by atoms with Crippen molar-refractivity contribution >= 4 is 59.6 Å². The molecule has 4 aromatic rings. The Labute approximate surface area is 722 Å². The van der Waals surface area contributed by atoms with Gasteiger partial charge < -0.3 is 78.4 Å². The molecule has 0 spiro atoms. The van der Waals surface area contributed by atoms with E-state index in [1.54, 1.807) is 194 Å². The Bertz CT molecular complexity index is 4450. The van der Waals surface area contributed by atoms with Crippen molar-refractivity contribution in [2.75, 3.05) is 0 Å². The fraction of sp³-hybridized carbons (Fsp3) is 0.608. The van der Waals surface area contributed by atoms with Crippen molar-refractivity contribution in [3.8, 4) is 0 Å². The standard InChI is InChI=1S/C97H128N2O24/c1-25-92(21)63(100)47-51(3)94(23)73(92)77(118-79(104)59-43-35-29-36-44-59)96(112)49-61(53(5)65(89(96,15)16)55(7)75(94)102)114-81(106)69(67(57-39-31-27-32-40-57)98-85(110)122-87(9,10)11)116-83(108)71-72(121-91(19,20)120-71)84(109)117-70(68(58-41-33-28-34-42-58)99-86(111)123-88(12,13)14)82(107)115-62-50-97(113)78(119-80(105)60-45-37-30-38-46-60)74-93(22,26-2)64(101)48-52(4)95(74,24)76(103)56(8)66(54(62)6)90(97,17)18/h27-46,51-52,55-56,61-64,67-74,77-78,100-101,112-113H,25-26,47-50H2,1-24H3,(H,98,110)(H,99,111)/t51-,52-,55+,56+,61-,62-,63+,64+,67-,68-,69+,70+,71+,72+,73?,74?,77-,78-,92+,93+,94+,95+,96+,97+/m0/s1. The monoisotopic (exact) mass is 1700 g/mol. The summed E-state index contributed by atoms with van der Waals surface area (Å²) in [5.41, 5.74) is -13.3. The Morgan fingerprint density at radius 1 is 0.472 bits per heavy atom. The zero-order valence-electron chi connectivity index (χ0n) is 75.6. The van der Waals surface area contributed by atoms with Gasteiger partial charge >= 0.3 is 48.0 Å². The maximum absolute atomic E-state index is 16.3. The smallest absolute Gasteiger partial charge is 0.408 e. The van der Waals surface area contributed by atoms with Gasteiger partial charge in [-0.25, -0.2) is 38.4 Å². The molecular weight excluding hydrogens is 1580 g/mol. The topological polar surface area (TPSA) is 368 Å². The second-order valence-corrected chi connectivity index (χ2v) is 39.9. The van der Waals surface area contributed by atoms with E-state index in [2.05, 4.69) is 10.6 Å². The van der Waals surface area contributed by atoms with Crippen LogP contribution in [0.5, 0.6) is 0 Å². The Hall–Kier alpha value is -9.18. The molecule has 11 rings (SSSR count). The van der Waals surface area contributed by atoms with Crippen molar-refractivity contribution < 1.29 is 116 Å². The van der Waals surface area contributed by atoms with Gasteiger partial charge in [0.05, 0.1) is 23.3 Å². The summed E-state index contributed by atoms with van der Waals surface area (Å²) in [6, 6.07) is 28.3. The van der Waals surface area contributed by atoms with Crippen molar-refractivity contribution in [1.82, 2.24) is 10.6 Å². The first-order chi connectivity index (χ1) is 57.1. The lowest BCUT2D eigenvalue weighted by Gasteiger charge is -2.65. The number of hydrogen-bond donors (Lipinski definition) is 6. The molecule has 4 bridgehead atoms. The Morgan fingerprint density at radius 3 is 1.07 bits per heavy atom. The molecule has 1 heterocycles. The number of esters is 6. The van der Waals surface area contributed by atoms with Gasteiger partial charge in [0, 0.05) is 69.0 Å². The number of aliphatic hydroxyl groups excluding tert-OH is 2. The van der Waals surface area contributed by atoms with Gasteiger partial charge in [0.1, 0.15) is 70.5 Å². The first kappa shape index (κ1) is 94.5. The summed E-state index contributed by atoms with van der Waals surface area (Å²) in [5, 5.41) is 59.0. The molecule has 4 saturated carbocycles. The van der Waals surface area contributed by atoms with E-state index >= 15 is 28.8 Å². The van der Waals surface area contributed by atoms with E-state index in [4.69, 9.17) is 47.4 Å². The van der Waals surface area contributed by atoms with Crippen LogP contribution in [0.2, 0.25) is 0 Å². The summed E-state index contributed by atoms with van der Waals surface area (Å²) in [4.78, 5) is 156. The first-order valence-electron chi connectivity index (χ1n) is 43.2. The zero-order chi connectivity index (χ0) is 91.2. The van der Waals surface area contributed by atoms with Crippen LogP contribution in [-0.4, -0.2) is 169 Å². The summed E-state index contributed by atoms with van der Waals surface area (Å²) >= 11 is 0. The highest BCUT2D eigenvalue weighted by Gasteiger charge is 2.75. The van der Waals surface area contributed by atoms with Gasteiger partial charge in [0.15, 0.2) is 18.0 Å². The minimum atomic E-state index is -2.34. The van der Waals surface area contributed by atoms with Gasteiger partial charge in [0.25, 0.3) is 0 Å². The van der Waals surface area contributed by atoms with Crippen molar-refractivity contribution in [2.45, 2.75) is 306 Å². The highest BCUT2D eigenvalue weighted by atomic mass is 16.8. The van der Waals surface area contributed by atoms with Gasteiger partial charge in [-0.2, -0.15) is 0 Å². The second-order valence-electron chi connectivity index (χ2n) is 39.9. The number of fused-ring (bicyclic) bond motifs is 6. The van der Waals surface area contributed by atoms with Crippen LogP contribution in [0.15, 0.2) is 144 Å². The summed E-state index contributed by atoms with van der Waals surface area (Å²) in [7, 11) is 0. The molecule has 1 aliphatic heterocycles. The molecule has 24 atom stereocenters. The van der Waals surface area contributed by atoms with Crippen LogP contribution in [0.1, 0.15) is 249 Å². The number of carbonyl (C=O) groups is 10. The zero-order valence-corrected chi connectivity index (χ0v) is 75.6. The third-order valence-corrected chi connectivity index (χ3v) is 29.3. The number of hydrogen-bond acceptors (Lipinski definition) is 24. The van der Waals surface area contributed by atoms with Crippen LogP contribution in [0.4, 0.5) is 9.59 Å². The number of ether oxygens (including phenoxy) is 10. The lowest BCUT2D eigenvalue weighted by molar-refractivity contribution is -0.249. The predicted molar refractivity (Wildman–Crippen MR) is 452 cm³/mol. The Kier molecular flexibility index (Phi) is 26.3. The fourth-order valence-corrected chi connectivity index (χ4v) is 22.1. The molecule has 6 aliphatic carbocycles. The summed E-state index contributed by atoms with van der Waals surface area (Å²) in [6.07, 6.45) is -20.1. The Balaban J connectivity index is 1.02. The first-order valence-corrected chi connectivity index (χ1v) is 43.2. The maximum Gasteiger partial charge on any atom is 0.408 e. The number of nitrogens with one attached hydrogen (secondary N) is 2. The maximum atomic E-state index is 16.3. The molecule has 5 fully saturated rings. The van der Waals surface area contributed by atoms with E-state index in [-0.39, 0.29) is 59.5 Å². The molecule has 2 amide bonds. The molecule has 0 aromatic heterocycles.